The van der Waals surface area contributed by atoms with Crippen LogP contribution < -0.4 is 4.74 Å². The maximum Gasteiger partial charge on any atom is 0.119 e. The molecule has 6 heteroatoms. The number of nitrogens with zero attached hydrogens (tertiary/aromatic N) is 3. The lowest BCUT2D eigenvalue weighted by atomic mass is 10.1. The van der Waals surface area contributed by atoms with Crippen LogP contribution >= 0.6 is 23.2 Å². The summed E-state index contributed by atoms with van der Waals surface area (Å²) in [6.45, 7) is 0. The molecule has 106 valence electrons. The lowest BCUT2D eigenvalue weighted by Crippen LogP contribution is -1.98. The van der Waals surface area contributed by atoms with Gasteiger partial charge in [0.05, 0.1) is 29.0 Å². The van der Waals surface area contributed by atoms with Gasteiger partial charge in [0.25, 0.3) is 0 Å². The molecule has 0 aliphatic rings. The van der Waals surface area contributed by atoms with E-state index in [2.05, 4.69) is 15.2 Å². The Bertz CT molecular complexity index is 788. The number of rotatable bonds is 3. The highest BCUT2D eigenvalue weighted by atomic mass is 35.5. The standard InChI is InChI=1S/C15H11Cl2N3O/c1-21-10-2-3-11-9(4-10)6-19-20-15(11)5-12-13(16)7-18-8-14(12)17/h2-4,6-8H,5H2,1H3. The van der Waals surface area contributed by atoms with Gasteiger partial charge in [0.1, 0.15) is 5.75 Å². The van der Waals surface area contributed by atoms with Gasteiger partial charge in [-0.05, 0) is 23.8 Å². The monoisotopic (exact) mass is 319 g/mol. The molecule has 4 nitrogen and oxygen atoms in total. The number of fused-ring (bicyclic) bond motifs is 1. The molecule has 0 saturated carbocycles. The van der Waals surface area contributed by atoms with Crippen molar-refractivity contribution in [3.05, 3.63) is 58.1 Å². The van der Waals surface area contributed by atoms with E-state index in [4.69, 9.17) is 27.9 Å². The SMILES string of the molecule is COc1ccc2c(Cc3c(Cl)cncc3Cl)nncc2c1. The summed E-state index contributed by atoms with van der Waals surface area (Å²) in [5.41, 5.74) is 1.61. The Kier molecular flexibility index (Phi) is 3.90. The van der Waals surface area contributed by atoms with Crippen LogP contribution in [0.5, 0.6) is 5.75 Å². The van der Waals surface area contributed by atoms with E-state index in [1.165, 1.54) is 0 Å². The molecule has 0 atom stereocenters. The van der Waals surface area contributed by atoms with Crippen molar-refractivity contribution in [3.63, 3.8) is 0 Å². The molecule has 0 fully saturated rings. The van der Waals surface area contributed by atoms with Gasteiger partial charge in [-0.3, -0.25) is 4.98 Å². The Morgan fingerprint density at radius 1 is 1.10 bits per heavy atom. The zero-order valence-corrected chi connectivity index (χ0v) is 12.7. The first kappa shape index (κ1) is 14.0. The van der Waals surface area contributed by atoms with Crippen LogP contribution in [0.3, 0.4) is 0 Å². The Morgan fingerprint density at radius 2 is 1.86 bits per heavy atom. The van der Waals surface area contributed by atoms with Crippen LogP contribution in [0.2, 0.25) is 10.0 Å². The maximum absolute atomic E-state index is 6.16. The second kappa shape index (κ2) is 5.84. The summed E-state index contributed by atoms with van der Waals surface area (Å²) in [6, 6.07) is 5.77. The van der Waals surface area contributed by atoms with Crippen molar-refractivity contribution in [2.24, 2.45) is 0 Å². The lowest BCUT2D eigenvalue weighted by Gasteiger charge is -2.08. The van der Waals surface area contributed by atoms with E-state index in [0.29, 0.717) is 16.5 Å². The van der Waals surface area contributed by atoms with E-state index in [1.54, 1.807) is 25.7 Å². The van der Waals surface area contributed by atoms with Gasteiger partial charge in [-0.15, -0.1) is 0 Å². The summed E-state index contributed by atoms with van der Waals surface area (Å²) in [5.74, 6) is 0.779. The van der Waals surface area contributed by atoms with Gasteiger partial charge < -0.3 is 4.74 Å². The number of benzene rings is 1. The molecule has 0 aliphatic carbocycles. The van der Waals surface area contributed by atoms with E-state index in [9.17, 15) is 0 Å². The van der Waals surface area contributed by atoms with Crippen molar-refractivity contribution >= 4 is 34.0 Å². The molecule has 2 aromatic heterocycles. The maximum atomic E-state index is 6.16. The van der Waals surface area contributed by atoms with Crippen molar-refractivity contribution in [3.8, 4) is 5.75 Å². The molecule has 0 unspecified atom stereocenters. The van der Waals surface area contributed by atoms with Gasteiger partial charge in [-0.2, -0.15) is 10.2 Å². The van der Waals surface area contributed by atoms with Gasteiger partial charge in [-0.1, -0.05) is 23.2 Å². The van der Waals surface area contributed by atoms with Gasteiger partial charge in [0.15, 0.2) is 0 Å². The van der Waals surface area contributed by atoms with E-state index >= 15 is 0 Å². The highest BCUT2D eigenvalue weighted by molar-refractivity contribution is 6.35. The van der Waals surface area contributed by atoms with E-state index < -0.39 is 0 Å². The molecule has 0 aliphatic heterocycles. The van der Waals surface area contributed by atoms with Crippen LogP contribution in [-0.4, -0.2) is 22.3 Å². The topological polar surface area (TPSA) is 47.9 Å². The second-order valence-electron chi connectivity index (χ2n) is 4.50. The zero-order valence-electron chi connectivity index (χ0n) is 11.2. The number of ether oxygens (including phenoxy) is 1. The molecule has 3 rings (SSSR count). The Morgan fingerprint density at radius 3 is 2.57 bits per heavy atom. The summed E-state index contributed by atoms with van der Waals surface area (Å²) < 4.78 is 5.22. The fourth-order valence-electron chi connectivity index (χ4n) is 2.16. The first-order valence-electron chi connectivity index (χ1n) is 6.25. The number of aromatic nitrogens is 3. The molecule has 0 bridgehead atoms. The molecule has 0 amide bonds. The molecule has 0 N–H and O–H groups in total. The second-order valence-corrected chi connectivity index (χ2v) is 5.32. The summed E-state index contributed by atoms with van der Waals surface area (Å²) in [5, 5.41) is 11.2. The molecule has 0 spiro atoms. The molecule has 1 aromatic carbocycles. The van der Waals surface area contributed by atoms with Gasteiger partial charge in [0, 0.05) is 29.6 Å². The summed E-state index contributed by atoms with van der Waals surface area (Å²) in [7, 11) is 1.63. The number of pyridine rings is 1. The average molecular weight is 320 g/mol. The van der Waals surface area contributed by atoms with Crippen LogP contribution in [-0.2, 0) is 6.42 Å². The normalized spacial score (nSPS) is 10.8. The average Bonchev–Trinajstić information content (AvgIpc) is 2.50. The minimum atomic E-state index is 0.497. The summed E-state index contributed by atoms with van der Waals surface area (Å²) in [4.78, 5) is 3.95. The minimum Gasteiger partial charge on any atom is -0.497 e. The van der Waals surface area contributed by atoms with Gasteiger partial charge in [-0.25, -0.2) is 0 Å². The van der Waals surface area contributed by atoms with Gasteiger partial charge in [0.2, 0.25) is 0 Å². The summed E-state index contributed by atoms with van der Waals surface area (Å²) in [6.07, 6.45) is 5.35. The van der Waals surface area contributed by atoms with Crippen molar-refractivity contribution < 1.29 is 4.74 Å². The van der Waals surface area contributed by atoms with Crippen LogP contribution in [0.1, 0.15) is 11.3 Å². The first-order chi connectivity index (χ1) is 10.2. The predicted octanol–water partition coefficient (Wildman–Crippen LogP) is 3.93. The van der Waals surface area contributed by atoms with Crippen LogP contribution in [0.4, 0.5) is 0 Å². The van der Waals surface area contributed by atoms with E-state index in [-0.39, 0.29) is 0 Å². The van der Waals surface area contributed by atoms with Crippen LogP contribution in [0.15, 0.2) is 36.8 Å². The third-order valence-corrected chi connectivity index (χ3v) is 3.89. The smallest absolute Gasteiger partial charge is 0.119 e. The molecule has 0 radical (unpaired) electrons. The van der Waals surface area contributed by atoms with Crippen LogP contribution in [0, 0.1) is 0 Å². The number of hydrogen-bond donors (Lipinski definition) is 0. The van der Waals surface area contributed by atoms with Crippen molar-refractivity contribution in [1.82, 2.24) is 15.2 Å². The molecular formula is C15H11Cl2N3O. The highest BCUT2D eigenvalue weighted by Gasteiger charge is 2.11. The molecule has 0 saturated heterocycles. The largest absolute Gasteiger partial charge is 0.497 e. The Balaban J connectivity index is 2.09. The number of methoxy groups -OCH3 is 1. The fraction of sp³-hybridized carbons (Fsp3) is 0.133. The van der Waals surface area contributed by atoms with Crippen LogP contribution in [0.25, 0.3) is 10.8 Å². The highest BCUT2D eigenvalue weighted by Crippen LogP contribution is 2.28. The van der Waals surface area contributed by atoms with Crippen molar-refractivity contribution in [1.29, 1.82) is 0 Å². The zero-order chi connectivity index (χ0) is 14.8. The fourth-order valence-corrected chi connectivity index (χ4v) is 2.66. The van der Waals surface area contributed by atoms with Gasteiger partial charge >= 0.3 is 0 Å². The molecule has 3 aromatic rings. The number of hydrogen-bond acceptors (Lipinski definition) is 4. The quantitative estimate of drug-likeness (QED) is 0.733. The molecular weight excluding hydrogens is 309 g/mol. The Hall–Kier alpha value is -1.91. The van der Waals surface area contributed by atoms with Crippen molar-refractivity contribution in [2.45, 2.75) is 6.42 Å². The lowest BCUT2D eigenvalue weighted by molar-refractivity contribution is 0.415. The third kappa shape index (κ3) is 2.77. The minimum absolute atomic E-state index is 0.497. The van der Waals surface area contributed by atoms with Crippen molar-refractivity contribution in [2.75, 3.05) is 7.11 Å². The summed E-state index contributed by atoms with van der Waals surface area (Å²) >= 11 is 12.3. The Labute approximate surface area is 131 Å². The van der Waals surface area contributed by atoms with E-state index in [1.807, 2.05) is 18.2 Å². The first-order valence-corrected chi connectivity index (χ1v) is 7.01. The number of halogens is 2. The predicted molar refractivity (Wildman–Crippen MR) is 83.2 cm³/mol. The third-order valence-electron chi connectivity index (χ3n) is 3.24. The molecule has 2 heterocycles. The molecule has 21 heavy (non-hydrogen) atoms. The van der Waals surface area contributed by atoms with E-state index in [0.717, 1.165) is 27.8 Å².